The number of fused-ring (bicyclic) bond motifs is 1. The third-order valence-electron chi connectivity index (χ3n) is 4.86. The van der Waals surface area contributed by atoms with Crippen molar-refractivity contribution < 1.29 is 8.78 Å². The molecule has 1 fully saturated rings. The number of nitrogens with zero attached hydrogens (tertiary/aromatic N) is 1. The molecule has 1 N–H and O–H groups in total. The normalized spacial score (nSPS) is 17.5. The van der Waals surface area contributed by atoms with Crippen LogP contribution in [0.5, 0.6) is 0 Å². The Labute approximate surface area is 150 Å². The van der Waals surface area contributed by atoms with Crippen molar-refractivity contribution in [2.24, 2.45) is 5.92 Å². The van der Waals surface area contributed by atoms with Crippen LogP contribution in [-0.2, 0) is 6.54 Å². The van der Waals surface area contributed by atoms with Crippen LogP contribution in [0.15, 0.2) is 47.8 Å². The van der Waals surface area contributed by atoms with Crippen molar-refractivity contribution in [3.63, 3.8) is 0 Å². The van der Waals surface area contributed by atoms with E-state index in [0.717, 1.165) is 38.3 Å². The van der Waals surface area contributed by atoms with Crippen LogP contribution in [0, 0.1) is 17.6 Å². The first kappa shape index (κ1) is 16.5. The second-order valence-corrected chi connectivity index (χ2v) is 7.50. The summed E-state index contributed by atoms with van der Waals surface area (Å²) < 4.78 is 27.8. The van der Waals surface area contributed by atoms with Gasteiger partial charge in [0.15, 0.2) is 11.6 Å². The number of nitrogens with one attached hydrogen (secondary N) is 1. The lowest BCUT2D eigenvalue weighted by atomic mass is 10.1. The molecule has 2 heterocycles. The Bertz CT molecular complexity index is 877. The van der Waals surface area contributed by atoms with E-state index in [-0.39, 0.29) is 0 Å². The number of rotatable bonds is 5. The first-order chi connectivity index (χ1) is 12.2. The van der Waals surface area contributed by atoms with Gasteiger partial charge in [-0.2, -0.15) is 0 Å². The highest BCUT2D eigenvalue weighted by Crippen LogP contribution is 2.27. The van der Waals surface area contributed by atoms with Crippen molar-refractivity contribution >= 4 is 27.1 Å². The zero-order valence-corrected chi connectivity index (χ0v) is 14.7. The zero-order valence-electron chi connectivity index (χ0n) is 13.8. The zero-order chi connectivity index (χ0) is 17.2. The van der Waals surface area contributed by atoms with Gasteiger partial charge >= 0.3 is 0 Å². The Balaban J connectivity index is 1.31. The molecule has 1 atom stereocenters. The maximum absolute atomic E-state index is 13.4. The molecule has 5 heteroatoms. The minimum Gasteiger partial charge on any atom is -0.371 e. The quantitative estimate of drug-likeness (QED) is 0.705. The summed E-state index contributed by atoms with van der Waals surface area (Å²) in [4.78, 5) is 2.13. The second-order valence-electron chi connectivity index (χ2n) is 6.59. The molecular formula is C20H20F2N2S. The van der Waals surface area contributed by atoms with E-state index in [1.807, 2.05) is 0 Å². The summed E-state index contributed by atoms with van der Waals surface area (Å²) in [5.41, 5.74) is 2.11. The van der Waals surface area contributed by atoms with E-state index in [0.29, 0.717) is 5.92 Å². The predicted molar refractivity (Wildman–Crippen MR) is 100 cm³/mol. The average Bonchev–Trinajstić information content (AvgIpc) is 3.25. The molecule has 1 aromatic heterocycles. The van der Waals surface area contributed by atoms with E-state index >= 15 is 0 Å². The predicted octanol–water partition coefficient (Wildman–Crippen LogP) is 4.80. The maximum atomic E-state index is 13.4. The van der Waals surface area contributed by atoms with Crippen molar-refractivity contribution in [2.75, 3.05) is 24.5 Å². The maximum Gasteiger partial charge on any atom is 0.160 e. The Morgan fingerprint density at radius 1 is 1.12 bits per heavy atom. The molecule has 0 radical (unpaired) electrons. The molecule has 1 aliphatic heterocycles. The van der Waals surface area contributed by atoms with E-state index < -0.39 is 11.6 Å². The Kier molecular flexibility index (Phi) is 4.68. The van der Waals surface area contributed by atoms with Crippen molar-refractivity contribution in [2.45, 2.75) is 13.0 Å². The molecule has 4 rings (SSSR count). The van der Waals surface area contributed by atoms with Crippen LogP contribution in [-0.4, -0.2) is 19.6 Å². The van der Waals surface area contributed by atoms with Crippen LogP contribution in [0.2, 0.25) is 0 Å². The summed E-state index contributed by atoms with van der Waals surface area (Å²) in [6.45, 7) is 3.57. The van der Waals surface area contributed by atoms with Gasteiger partial charge in [0.2, 0.25) is 0 Å². The standard InChI is InChI=1S/C20H20F2N2S/c21-18-6-5-16(9-19(18)22)24-8-7-14(12-24)10-23-11-15-13-25-20-4-2-1-3-17(15)20/h1-6,9,13-14,23H,7-8,10-12H2/t14-/m0/s1. The Hall–Kier alpha value is -1.98. The number of thiophene rings is 1. The summed E-state index contributed by atoms with van der Waals surface area (Å²) in [5.74, 6) is -1.04. The highest BCUT2D eigenvalue weighted by atomic mass is 32.1. The molecule has 2 aromatic carbocycles. The second kappa shape index (κ2) is 7.10. The first-order valence-electron chi connectivity index (χ1n) is 8.56. The van der Waals surface area contributed by atoms with E-state index in [1.165, 1.54) is 27.8 Å². The van der Waals surface area contributed by atoms with E-state index in [1.54, 1.807) is 17.4 Å². The molecule has 1 saturated heterocycles. The third-order valence-corrected chi connectivity index (χ3v) is 5.88. The van der Waals surface area contributed by atoms with Crippen LogP contribution < -0.4 is 10.2 Å². The lowest BCUT2D eigenvalue weighted by Gasteiger charge is -2.19. The number of benzene rings is 2. The van der Waals surface area contributed by atoms with Gasteiger partial charge < -0.3 is 10.2 Å². The molecule has 25 heavy (non-hydrogen) atoms. The summed E-state index contributed by atoms with van der Waals surface area (Å²) >= 11 is 1.78. The van der Waals surface area contributed by atoms with E-state index in [9.17, 15) is 8.78 Å². The van der Waals surface area contributed by atoms with Gasteiger partial charge in [0.05, 0.1) is 0 Å². The van der Waals surface area contributed by atoms with Crippen LogP contribution in [0.4, 0.5) is 14.5 Å². The summed E-state index contributed by atoms with van der Waals surface area (Å²) in [6, 6.07) is 12.6. The number of hydrogen-bond donors (Lipinski definition) is 1. The van der Waals surface area contributed by atoms with Gasteiger partial charge in [0.1, 0.15) is 0 Å². The fraction of sp³-hybridized carbons (Fsp3) is 0.300. The molecule has 0 unspecified atom stereocenters. The third kappa shape index (κ3) is 3.53. The first-order valence-corrected chi connectivity index (χ1v) is 9.44. The van der Waals surface area contributed by atoms with Gasteiger partial charge in [-0.05, 0) is 46.9 Å². The fourth-order valence-corrected chi connectivity index (χ4v) is 4.46. The summed E-state index contributed by atoms with van der Waals surface area (Å²) in [5, 5.41) is 7.11. The molecule has 130 valence electrons. The largest absolute Gasteiger partial charge is 0.371 e. The SMILES string of the molecule is Fc1ccc(N2CC[C@@H](CNCc3csc4ccccc34)C2)cc1F. The lowest BCUT2D eigenvalue weighted by Crippen LogP contribution is -2.26. The van der Waals surface area contributed by atoms with E-state index in [2.05, 4.69) is 39.9 Å². The fourth-order valence-electron chi connectivity index (χ4n) is 3.50. The van der Waals surface area contributed by atoms with Gasteiger partial charge in [0.25, 0.3) is 0 Å². The molecule has 2 nitrogen and oxygen atoms in total. The number of hydrogen-bond acceptors (Lipinski definition) is 3. The Morgan fingerprint density at radius 2 is 2.00 bits per heavy atom. The molecule has 0 aliphatic carbocycles. The minimum atomic E-state index is -0.788. The summed E-state index contributed by atoms with van der Waals surface area (Å²) in [6.07, 6.45) is 1.07. The summed E-state index contributed by atoms with van der Waals surface area (Å²) in [7, 11) is 0. The molecule has 0 saturated carbocycles. The van der Waals surface area contributed by atoms with Crippen LogP contribution in [0.3, 0.4) is 0 Å². The highest BCUT2D eigenvalue weighted by molar-refractivity contribution is 7.17. The number of anilines is 1. The smallest absolute Gasteiger partial charge is 0.160 e. The molecule has 0 spiro atoms. The molecule has 0 amide bonds. The molecule has 3 aromatic rings. The van der Waals surface area contributed by atoms with Crippen LogP contribution >= 0.6 is 11.3 Å². The Morgan fingerprint density at radius 3 is 2.88 bits per heavy atom. The van der Waals surface area contributed by atoms with Crippen LogP contribution in [0.25, 0.3) is 10.1 Å². The monoisotopic (exact) mass is 358 g/mol. The van der Waals surface area contributed by atoms with Crippen molar-refractivity contribution in [3.05, 3.63) is 65.0 Å². The topological polar surface area (TPSA) is 15.3 Å². The minimum absolute atomic E-state index is 0.526. The van der Waals surface area contributed by atoms with Gasteiger partial charge in [-0.3, -0.25) is 0 Å². The number of halogens is 2. The van der Waals surface area contributed by atoms with Crippen molar-refractivity contribution in [1.29, 1.82) is 0 Å². The van der Waals surface area contributed by atoms with Gasteiger partial charge in [-0.25, -0.2) is 8.78 Å². The molecule has 1 aliphatic rings. The lowest BCUT2D eigenvalue weighted by molar-refractivity contribution is 0.507. The average molecular weight is 358 g/mol. The molecular weight excluding hydrogens is 338 g/mol. The van der Waals surface area contributed by atoms with Gasteiger partial charge in [-0.15, -0.1) is 11.3 Å². The highest BCUT2D eigenvalue weighted by Gasteiger charge is 2.23. The van der Waals surface area contributed by atoms with Crippen molar-refractivity contribution in [3.8, 4) is 0 Å². The van der Waals surface area contributed by atoms with Crippen molar-refractivity contribution in [1.82, 2.24) is 5.32 Å². The van der Waals surface area contributed by atoms with Crippen LogP contribution in [0.1, 0.15) is 12.0 Å². The van der Waals surface area contributed by atoms with Gasteiger partial charge in [0, 0.05) is 42.6 Å². The van der Waals surface area contributed by atoms with E-state index in [4.69, 9.17) is 0 Å². The molecule has 0 bridgehead atoms. The van der Waals surface area contributed by atoms with Gasteiger partial charge in [-0.1, -0.05) is 18.2 Å².